The molecule has 0 unspecified atom stereocenters. The average Bonchev–Trinajstić information content (AvgIpc) is 3.04. The number of hydrazone groups is 1. The minimum absolute atomic E-state index is 0.179. The van der Waals surface area contributed by atoms with Gasteiger partial charge < -0.3 is 10.1 Å². The lowest BCUT2D eigenvalue weighted by molar-refractivity contribution is -0.120. The molecule has 0 spiro atoms. The number of nitrogens with zero attached hydrogens (tertiary/aromatic N) is 1. The highest BCUT2D eigenvalue weighted by atomic mass is 16.3. The summed E-state index contributed by atoms with van der Waals surface area (Å²) in [5, 5.41) is 16.0. The molecule has 3 aromatic rings. The van der Waals surface area contributed by atoms with Gasteiger partial charge in [0, 0.05) is 28.2 Å². The summed E-state index contributed by atoms with van der Waals surface area (Å²) in [5.41, 5.74) is 6.70. The fraction of sp³-hybridized carbons (Fsp3) is 0.360. The van der Waals surface area contributed by atoms with Crippen molar-refractivity contribution < 1.29 is 9.90 Å². The molecule has 1 heterocycles. The molecule has 2 aromatic carbocycles. The Morgan fingerprint density at radius 2 is 1.67 bits per heavy atom. The largest absolute Gasteiger partial charge is 0.507 e. The van der Waals surface area contributed by atoms with Crippen molar-refractivity contribution in [2.75, 3.05) is 0 Å². The molecule has 0 saturated carbocycles. The van der Waals surface area contributed by atoms with Gasteiger partial charge in [-0.25, -0.2) is 5.43 Å². The number of benzene rings is 2. The highest BCUT2D eigenvalue weighted by molar-refractivity contribution is 5.89. The second kappa shape index (κ2) is 7.98. The van der Waals surface area contributed by atoms with Crippen LogP contribution in [0.5, 0.6) is 5.75 Å². The minimum Gasteiger partial charge on any atom is -0.507 e. The van der Waals surface area contributed by atoms with Crippen LogP contribution in [-0.4, -0.2) is 22.2 Å². The molecule has 158 valence electrons. The van der Waals surface area contributed by atoms with Crippen LogP contribution in [-0.2, 0) is 22.0 Å². The number of phenols is 1. The third-order valence-electron chi connectivity index (χ3n) is 5.18. The number of aromatic nitrogens is 1. The molecule has 0 saturated heterocycles. The van der Waals surface area contributed by atoms with Crippen LogP contribution in [0.4, 0.5) is 0 Å². The van der Waals surface area contributed by atoms with Crippen molar-refractivity contribution in [3.63, 3.8) is 0 Å². The summed E-state index contributed by atoms with van der Waals surface area (Å²) in [5.74, 6) is 0.150. The van der Waals surface area contributed by atoms with Crippen LogP contribution in [0.2, 0.25) is 0 Å². The molecule has 0 aliphatic rings. The molecule has 0 radical (unpaired) electrons. The van der Waals surface area contributed by atoms with Crippen LogP contribution >= 0.6 is 0 Å². The van der Waals surface area contributed by atoms with Crippen molar-refractivity contribution >= 4 is 23.0 Å². The first-order chi connectivity index (χ1) is 14.0. The molecule has 5 heteroatoms. The number of hydrogen-bond acceptors (Lipinski definition) is 3. The number of hydrogen-bond donors (Lipinski definition) is 3. The second-order valence-corrected chi connectivity index (χ2v) is 9.79. The van der Waals surface area contributed by atoms with Gasteiger partial charge in [-0.1, -0.05) is 59.7 Å². The first kappa shape index (κ1) is 21.6. The molecule has 30 heavy (non-hydrogen) atoms. The Labute approximate surface area is 178 Å². The number of H-pyrrole nitrogens is 1. The summed E-state index contributed by atoms with van der Waals surface area (Å²) in [6.45, 7) is 12.4. The number of aromatic hydroxyl groups is 1. The first-order valence-corrected chi connectivity index (χ1v) is 10.2. The maximum atomic E-state index is 12.4. The smallest absolute Gasteiger partial charge is 0.244 e. The average molecular weight is 406 g/mol. The zero-order valence-corrected chi connectivity index (χ0v) is 18.6. The lowest BCUT2D eigenvalue weighted by Gasteiger charge is -2.27. The molecule has 0 aliphatic heterocycles. The molecule has 3 N–H and O–H groups in total. The number of rotatable bonds is 4. The van der Waals surface area contributed by atoms with Gasteiger partial charge in [-0.05, 0) is 40.2 Å². The van der Waals surface area contributed by atoms with Crippen LogP contribution in [0.15, 0.2) is 47.7 Å². The molecule has 0 fully saturated rings. The van der Waals surface area contributed by atoms with Crippen LogP contribution < -0.4 is 5.43 Å². The topological polar surface area (TPSA) is 77.5 Å². The summed E-state index contributed by atoms with van der Waals surface area (Å²) in [7, 11) is 0. The summed E-state index contributed by atoms with van der Waals surface area (Å²) in [6.07, 6.45) is 3.74. The molecule has 0 bridgehead atoms. The molecule has 1 aromatic heterocycles. The van der Waals surface area contributed by atoms with E-state index in [2.05, 4.69) is 57.1 Å². The quantitative estimate of drug-likeness (QED) is 0.414. The highest BCUT2D eigenvalue weighted by Gasteiger charge is 2.26. The Morgan fingerprint density at radius 1 is 1.07 bits per heavy atom. The van der Waals surface area contributed by atoms with Crippen molar-refractivity contribution in [1.29, 1.82) is 0 Å². The Kier molecular flexibility index (Phi) is 5.75. The maximum Gasteiger partial charge on any atom is 0.244 e. The number of aromatic amines is 1. The van der Waals surface area contributed by atoms with Gasteiger partial charge in [0.15, 0.2) is 0 Å². The third kappa shape index (κ3) is 4.73. The van der Waals surface area contributed by atoms with Gasteiger partial charge in [0.25, 0.3) is 0 Å². The van der Waals surface area contributed by atoms with E-state index in [1.165, 1.54) is 0 Å². The van der Waals surface area contributed by atoms with E-state index in [1.54, 1.807) is 6.21 Å². The van der Waals surface area contributed by atoms with E-state index in [-0.39, 0.29) is 23.2 Å². The zero-order chi connectivity index (χ0) is 22.1. The molecular formula is C25H31N3O2. The molecule has 1 amide bonds. The van der Waals surface area contributed by atoms with Crippen LogP contribution in [0, 0.1) is 0 Å². The predicted molar refractivity (Wildman–Crippen MR) is 123 cm³/mol. The number of carbonyl (C=O) groups excluding carboxylic acids is 1. The Bertz CT molecular complexity index is 1060. The second-order valence-electron chi connectivity index (χ2n) is 9.79. The molecule has 0 atom stereocenters. The van der Waals surface area contributed by atoms with Crippen LogP contribution in [0.1, 0.15) is 63.8 Å². The molecule has 0 aliphatic carbocycles. The van der Waals surface area contributed by atoms with E-state index >= 15 is 0 Å². The van der Waals surface area contributed by atoms with Crippen LogP contribution in [0.3, 0.4) is 0 Å². The van der Waals surface area contributed by atoms with E-state index in [0.717, 1.165) is 33.2 Å². The number of amides is 1. The number of nitrogens with one attached hydrogen (secondary N) is 2. The van der Waals surface area contributed by atoms with Crippen molar-refractivity contribution in [3.05, 3.63) is 64.8 Å². The van der Waals surface area contributed by atoms with E-state index in [1.807, 2.05) is 42.6 Å². The normalized spacial score (nSPS) is 12.6. The van der Waals surface area contributed by atoms with Crippen molar-refractivity contribution in [2.45, 2.75) is 58.8 Å². The maximum absolute atomic E-state index is 12.4. The van der Waals surface area contributed by atoms with Crippen LogP contribution in [0.25, 0.3) is 10.9 Å². The number of para-hydroxylation sites is 1. The van der Waals surface area contributed by atoms with Crippen molar-refractivity contribution in [1.82, 2.24) is 10.4 Å². The molecule has 3 rings (SSSR count). The SMILES string of the molecule is CC(C)(C)c1cc(/C=N/NC(=O)Cc2c[nH]c3ccccc23)cc(C(C)(C)C)c1O. The zero-order valence-electron chi connectivity index (χ0n) is 18.6. The van der Waals surface area contributed by atoms with E-state index in [9.17, 15) is 9.90 Å². The van der Waals surface area contributed by atoms with Crippen molar-refractivity contribution in [2.24, 2.45) is 5.10 Å². The van der Waals surface area contributed by atoms with Gasteiger partial charge in [0.2, 0.25) is 5.91 Å². The van der Waals surface area contributed by atoms with Crippen molar-refractivity contribution in [3.8, 4) is 5.75 Å². The summed E-state index contributed by atoms with van der Waals surface area (Å²) in [6, 6.07) is 11.8. The molecule has 5 nitrogen and oxygen atoms in total. The fourth-order valence-electron chi connectivity index (χ4n) is 3.54. The van der Waals surface area contributed by atoms with E-state index < -0.39 is 0 Å². The molecular weight excluding hydrogens is 374 g/mol. The van der Waals surface area contributed by atoms with Gasteiger partial charge >= 0.3 is 0 Å². The van der Waals surface area contributed by atoms with Gasteiger partial charge in [-0.15, -0.1) is 0 Å². The Morgan fingerprint density at radius 3 is 2.27 bits per heavy atom. The Balaban J connectivity index is 1.79. The summed E-state index contributed by atoms with van der Waals surface area (Å²) < 4.78 is 0. The number of carbonyl (C=O) groups is 1. The van der Waals surface area contributed by atoms with Gasteiger partial charge in [-0.3, -0.25) is 4.79 Å². The summed E-state index contributed by atoms with van der Waals surface area (Å²) in [4.78, 5) is 15.6. The predicted octanol–water partition coefficient (Wildman–Crippen LogP) is 5.16. The monoisotopic (exact) mass is 405 g/mol. The standard InChI is InChI=1S/C25H31N3O2/c1-24(2,3)19-11-16(12-20(23(19)30)25(4,5)6)14-27-28-22(29)13-17-15-26-21-10-8-7-9-18(17)21/h7-12,14-15,26,30H,13H2,1-6H3,(H,28,29)/b27-14+. The minimum atomic E-state index is -0.216. The first-order valence-electron chi connectivity index (χ1n) is 10.2. The van der Waals surface area contributed by atoms with Gasteiger partial charge in [0.05, 0.1) is 12.6 Å². The third-order valence-corrected chi connectivity index (χ3v) is 5.18. The summed E-state index contributed by atoms with van der Waals surface area (Å²) >= 11 is 0. The van der Waals surface area contributed by atoms with E-state index in [0.29, 0.717) is 5.75 Å². The number of phenolic OH excluding ortho intramolecular Hbond substituents is 1. The fourth-order valence-corrected chi connectivity index (χ4v) is 3.54. The van der Waals surface area contributed by atoms with Gasteiger partial charge in [0.1, 0.15) is 5.75 Å². The Hall–Kier alpha value is -3.08. The van der Waals surface area contributed by atoms with E-state index in [4.69, 9.17) is 0 Å². The highest BCUT2D eigenvalue weighted by Crippen LogP contribution is 2.39. The lowest BCUT2D eigenvalue weighted by atomic mass is 9.78. The number of fused-ring (bicyclic) bond motifs is 1. The van der Waals surface area contributed by atoms with Gasteiger partial charge in [-0.2, -0.15) is 5.10 Å². The lowest BCUT2D eigenvalue weighted by Crippen LogP contribution is -2.20.